The van der Waals surface area contributed by atoms with Crippen LogP contribution in [0.25, 0.3) is 87.2 Å². The summed E-state index contributed by atoms with van der Waals surface area (Å²) in [6, 6.07) is 59.7. The zero-order valence-electron chi connectivity index (χ0n) is 32.4. The van der Waals surface area contributed by atoms with Crippen LogP contribution in [-0.2, 0) is 5.41 Å². The van der Waals surface area contributed by atoms with E-state index in [1.807, 2.05) is 12.4 Å². The van der Waals surface area contributed by atoms with Crippen molar-refractivity contribution < 1.29 is 0 Å². The standard InChI is InChI=1S/C55H42N2/c1-54-29-7-8-30-55(54,2)57(39-27-31-56-32-28-39)51-26-21-38(33-50(51)54)48-34-49(43-18-10-14-36-12-4-6-16-41(36)43)47-23-20-37-19-22-44(45-24-25-46(48)53(47)52(37)45)42-17-9-13-35-11-3-5-15-40(35)42/h3-6,9-28,31-34H,7-8,29-30H2,1-2H3. The van der Waals surface area contributed by atoms with Gasteiger partial charge in [0.05, 0.1) is 5.54 Å². The van der Waals surface area contributed by atoms with Gasteiger partial charge >= 0.3 is 0 Å². The van der Waals surface area contributed by atoms with Crippen molar-refractivity contribution in [3.8, 4) is 33.4 Å². The number of benzene rings is 9. The minimum atomic E-state index is -0.0255. The Bertz CT molecular complexity index is 3220. The van der Waals surface area contributed by atoms with Gasteiger partial charge < -0.3 is 4.90 Å². The van der Waals surface area contributed by atoms with Gasteiger partial charge in [-0.05, 0) is 143 Å². The lowest BCUT2D eigenvalue weighted by molar-refractivity contribution is 0.195. The maximum atomic E-state index is 4.40. The minimum Gasteiger partial charge on any atom is -0.334 e. The Morgan fingerprint density at radius 1 is 0.456 bits per heavy atom. The van der Waals surface area contributed by atoms with Crippen LogP contribution < -0.4 is 4.90 Å². The fourth-order valence-corrected chi connectivity index (χ4v) is 11.3. The molecule has 0 spiro atoms. The molecule has 0 N–H and O–H groups in total. The largest absolute Gasteiger partial charge is 0.334 e. The van der Waals surface area contributed by atoms with Crippen molar-refractivity contribution in [2.75, 3.05) is 4.90 Å². The second-order valence-corrected chi connectivity index (χ2v) is 17.0. The van der Waals surface area contributed by atoms with Crippen LogP contribution in [0.4, 0.5) is 11.4 Å². The van der Waals surface area contributed by atoms with Crippen molar-refractivity contribution in [3.05, 3.63) is 176 Å². The molecular weight excluding hydrogens is 689 g/mol. The maximum absolute atomic E-state index is 4.40. The predicted molar refractivity (Wildman–Crippen MR) is 242 cm³/mol. The molecule has 1 fully saturated rings. The van der Waals surface area contributed by atoms with Crippen molar-refractivity contribution in [1.82, 2.24) is 4.98 Å². The average molecular weight is 731 g/mol. The van der Waals surface area contributed by atoms with Gasteiger partial charge in [-0.3, -0.25) is 4.98 Å². The smallest absolute Gasteiger partial charge is 0.0517 e. The maximum Gasteiger partial charge on any atom is 0.0517 e. The van der Waals surface area contributed by atoms with Crippen molar-refractivity contribution in [3.63, 3.8) is 0 Å². The molecule has 12 rings (SSSR count). The number of pyridine rings is 1. The van der Waals surface area contributed by atoms with Gasteiger partial charge in [0.25, 0.3) is 0 Å². The van der Waals surface area contributed by atoms with E-state index < -0.39 is 0 Å². The summed E-state index contributed by atoms with van der Waals surface area (Å²) in [5.41, 5.74) is 11.7. The van der Waals surface area contributed by atoms with Crippen LogP contribution in [-0.4, -0.2) is 10.5 Å². The third kappa shape index (κ3) is 4.50. The molecule has 1 saturated carbocycles. The third-order valence-electron chi connectivity index (χ3n) is 14.3. The Kier molecular flexibility index (Phi) is 6.88. The molecule has 0 amide bonds. The molecule has 0 radical (unpaired) electrons. The topological polar surface area (TPSA) is 16.1 Å². The van der Waals surface area contributed by atoms with Gasteiger partial charge in [0.1, 0.15) is 0 Å². The van der Waals surface area contributed by atoms with Crippen LogP contribution in [0.3, 0.4) is 0 Å². The highest BCUT2D eigenvalue weighted by atomic mass is 15.3. The number of anilines is 2. The molecule has 9 aromatic carbocycles. The van der Waals surface area contributed by atoms with Crippen molar-refractivity contribution >= 4 is 65.2 Å². The van der Waals surface area contributed by atoms with Gasteiger partial charge in [-0.1, -0.05) is 147 Å². The summed E-state index contributed by atoms with van der Waals surface area (Å²) in [5, 5.41) is 13.0. The lowest BCUT2D eigenvalue weighted by Gasteiger charge is -2.50. The lowest BCUT2D eigenvalue weighted by atomic mass is 9.61. The SMILES string of the molecule is CC12CCCCC1(C)N(c1ccncc1)c1ccc(-c3cc(-c4cccc5ccccc45)c4ccc5ccc(-c6cccc7ccccc67)c6ccc3c4c56)cc12. The van der Waals surface area contributed by atoms with Crippen LogP contribution in [0, 0.1) is 0 Å². The molecule has 57 heavy (non-hydrogen) atoms. The Morgan fingerprint density at radius 3 is 1.81 bits per heavy atom. The first-order chi connectivity index (χ1) is 28.0. The number of rotatable bonds is 4. The molecule has 2 heteroatoms. The highest BCUT2D eigenvalue weighted by molar-refractivity contribution is 6.31. The Balaban J connectivity index is 1.17. The Morgan fingerprint density at radius 2 is 1.05 bits per heavy atom. The molecule has 1 aromatic heterocycles. The highest BCUT2D eigenvalue weighted by Gasteiger charge is 2.57. The van der Waals surface area contributed by atoms with Crippen LogP contribution >= 0.6 is 0 Å². The van der Waals surface area contributed by atoms with E-state index >= 15 is 0 Å². The van der Waals surface area contributed by atoms with Gasteiger partial charge in [-0.2, -0.15) is 0 Å². The zero-order valence-corrected chi connectivity index (χ0v) is 32.4. The van der Waals surface area contributed by atoms with Crippen LogP contribution in [0.5, 0.6) is 0 Å². The molecular formula is C55H42N2. The van der Waals surface area contributed by atoms with E-state index in [2.05, 4.69) is 181 Å². The molecule has 2 aliphatic rings. The van der Waals surface area contributed by atoms with E-state index in [1.165, 1.54) is 130 Å². The molecule has 1 aliphatic heterocycles. The quantitative estimate of drug-likeness (QED) is 0.168. The average Bonchev–Trinajstić information content (AvgIpc) is 3.47. The number of hydrogen-bond acceptors (Lipinski definition) is 2. The van der Waals surface area contributed by atoms with E-state index in [4.69, 9.17) is 0 Å². The summed E-state index contributed by atoms with van der Waals surface area (Å²) in [6.07, 6.45) is 8.73. The first kappa shape index (κ1) is 32.7. The van der Waals surface area contributed by atoms with Gasteiger partial charge in [-0.25, -0.2) is 0 Å². The second kappa shape index (κ2) is 12.0. The van der Waals surface area contributed by atoms with E-state index in [-0.39, 0.29) is 11.0 Å². The van der Waals surface area contributed by atoms with Gasteiger partial charge in [0.2, 0.25) is 0 Å². The fraction of sp³-hybridized carbons (Fsp3) is 0.145. The Hall–Kier alpha value is -6.51. The summed E-state index contributed by atoms with van der Waals surface area (Å²) in [6.45, 7) is 5.05. The van der Waals surface area contributed by atoms with Crippen molar-refractivity contribution in [1.29, 1.82) is 0 Å². The summed E-state index contributed by atoms with van der Waals surface area (Å²) in [4.78, 5) is 7.04. The highest BCUT2D eigenvalue weighted by Crippen LogP contribution is 2.61. The number of aromatic nitrogens is 1. The molecule has 2 nitrogen and oxygen atoms in total. The normalized spacial score (nSPS) is 19.2. The second-order valence-electron chi connectivity index (χ2n) is 17.0. The lowest BCUT2D eigenvalue weighted by Crippen LogP contribution is -2.54. The third-order valence-corrected chi connectivity index (χ3v) is 14.3. The molecule has 1 aliphatic carbocycles. The van der Waals surface area contributed by atoms with E-state index in [0.29, 0.717) is 0 Å². The molecule has 0 bridgehead atoms. The van der Waals surface area contributed by atoms with Gasteiger partial charge in [0.15, 0.2) is 0 Å². The first-order valence-corrected chi connectivity index (χ1v) is 20.6. The zero-order chi connectivity index (χ0) is 37.9. The van der Waals surface area contributed by atoms with Crippen molar-refractivity contribution in [2.45, 2.75) is 50.5 Å². The van der Waals surface area contributed by atoms with E-state index in [1.54, 1.807) is 0 Å². The minimum absolute atomic E-state index is 0.00939. The molecule has 2 unspecified atom stereocenters. The summed E-state index contributed by atoms with van der Waals surface area (Å²) >= 11 is 0. The van der Waals surface area contributed by atoms with Crippen LogP contribution in [0.1, 0.15) is 45.1 Å². The summed E-state index contributed by atoms with van der Waals surface area (Å²) in [5.74, 6) is 0. The predicted octanol–water partition coefficient (Wildman–Crippen LogP) is 15.0. The van der Waals surface area contributed by atoms with Crippen LogP contribution in [0.2, 0.25) is 0 Å². The molecule has 10 aromatic rings. The molecule has 2 heterocycles. The summed E-state index contributed by atoms with van der Waals surface area (Å²) in [7, 11) is 0. The number of nitrogens with zero attached hydrogens (tertiary/aromatic N) is 2. The van der Waals surface area contributed by atoms with Crippen molar-refractivity contribution in [2.24, 2.45) is 0 Å². The first-order valence-electron chi connectivity index (χ1n) is 20.6. The Labute approximate surface area is 333 Å². The number of hydrogen-bond donors (Lipinski definition) is 0. The van der Waals surface area contributed by atoms with Crippen LogP contribution in [0.15, 0.2) is 170 Å². The fourth-order valence-electron chi connectivity index (χ4n) is 11.3. The van der Waals surface area contributed by atoms with E-state index in [9.17, 15) is 0 Å². The molecule has 272 valence electrons. The monoisotopic (exact) mass is 730 g/mol. The summed E-state index contributed by atoms with van der Waals surface area (Å²) < 4.78 is 0. The molecule has 2 atom stereocenters. The van der Waals surface area contributed by atoms with Gasteiger partial charge in [0, 0.05) is 29.2 Å². The number of fused-ring (bicyclic) bond motifs is 5. The van der Waals surface area contributed by atoms with E-state index in [0.717, 1.165) is 0 Å². The molecule has 0 saturated heterocycles. The van der Waals surface area contributed by atoms with Gasteiger partial charge in [-0.15, -0.1) is 0 Å².